The van der Waals surface area contributed by atoms with Gasteiger partial charge in [0.25, 0.3) is 5.91 Å². The summed E-state index contributed by atoms with van der Waals surface area (Å²) in [6.07, 6.45) is 0. The molecule has 4 aromatic rings. The minimum atomic E-state index is -0.983. The van der Waals surface area contributed by atoms with Crippen LogP contribution in [0.15, 0.2) is 80.8 Å². The Morgan fingerprint density at radius 3 is 2.68 bits per heavy atom. The topological polar surface area (TPSA) is 106 Å². The number of aliphatic hydroxyl groups is 1. The number of amides is 1. The number of rotatable bonds is 8. The van der Waals surface area contributed by atoms with Gasteiger partial charge >= 0.3 is 0 Å². The first-order valence-electron chi connectivity index (χ1n) is 11.1. The summed E-state index contributed by atoms with van der Waals surface area (Å²) in [5.74, 6) is -0.801. The zero-order valence-electron chi connectivity index (χ0n) is 19.7. The molecule has 1 aliphatic heterocycles. The average molecular weight is 538 g/mol. The van der Waals surface area contributed by atoms with E-state index in [1.165, 1.54) is 42.0 Å². The predicted molar refractivity (Wildman–Crippen MR) is 137 cm³/mol. The van der Waals surface area contributed by atoms with Crippen molar-refractivity contribution in [1.82, 2.24) is 10.2 Å². The molecule has 3 heterocycles. The second kappa shape index (κ2) is 10.2. The van der Waals surface area contributed by atoms with Crippen LogP contribution in [-0.4, -0.2) is 34.1 Å². The summed E-state index contributed by atoms with van der Waals surface area (Å²) in [6.45, 7) is 1.70. The van der Waals surface area contributed by atoms with Gasteiger partial charge in [0, 0.05) is 5.75 Å². The fourth-order valence-corrected chi connectivity index (χ4v) is 5.76. The van der Waals surface area contributed by atoms with Gasteiger partial charge in [-0.05, 0) is 54.4 Å². The van der Waals surface area contributed by atoms with Crippen LogP contribution in [0.4, 0.5) is 9.52 Å². The van der Waals surface area contributed by atoms with Gasteiger partial charge in [-0.1, -0.05) is 47.4 Å². The summed E-state index contributed by atoms with van der Waals surface area (Å²) in [5, 5.41) is 19.5. The standard InChI is InChI=1S/C26H20FN3O5S2/c1-14-6-11-19(35-14)22(31)20-21(16-4-3-5-18(12-16)34-2)30(24(33)23(20)32)25-28-29-26(37-25)36-13-15-7-9-17(27)10-8-15/h3-12,21,32H,13H2,1-2H3. The van der Waals surface area contributed by atoms with E-state index in [2.05, 4.69) is 10.2 Å². The molecule has 0 fully saturated rings. The summed E-state index contributed by atoms with van der Waals surface area (Å²) in [6, 6.07) is 15.2. The van der Waals surface area contributed by atoms with Crippen molar-refractivity contribution in [2.45, 2.75) is 23.1 Å². The molecule has 1 aliphatic rings. The molecule has 5 rings (SSSR count). The number of halogens is 1. The molecule has 0 bridgehead atoms. The number of carbonyl (C=O) groups is 2. The van der Waals surface area contributed by atoms with Gasteiger partial charge in [-0.2, -0.15) is 0 Å². The van der Waals surface area contributed by atoms with E-state index in [1.54, 1.807) is 49.4 Å². The lowest BCUT2D eigenvalue weighted by atomic mass is 9.95. The number of aryl methyl sites for hydroxylation is 1. The van der Waals surface area contributed by atoms with Crippen LogP contribution in [0.1, 0.15) is 33.5 Å². The molecular weight excluding hydrogens is 517 g/mol. The van der Waals surface area contributed by atoms with Crippen molar-refractivity contribution in [2.75, 3.05) is 12.0 Å². The maximum Gasteiger partial charge on any atom is 0.296 e. The van der Waals surface area contributed by atoms with Crippen LogP contribution >= 0.6 is 23.1 Å². The average Bonchev–Trinajstić information content (AvgIpc) is 3.62. The Kier molecular flexibility index (Phi) is 6.81. The summed E-state index contributed by atoms with van der Waals surface area (Å²) in [5.41, 5.74) is 1.32. The Morgan fingerprint density at radius 2 is 1.97 bits per heavy atom. The molecule has 0 radical (unpaired) electrons. The third-order valence-electron chi connectivity index (χ3n) is 5.70. The highest BCUT2D eigenvalue weighted by Gasteiger charge is 2.46. The Labute approximate surface area is 219 Å². The largest absolute Gasteiger partial charge is 0.503 e. The quantitative estimate of drug-likeness (QED) is 0.174. The first-order chi connectivity index (χ1) is 17.9. The summed E-state index contributed by atoms with van der Waals surface area (Å²) in [4.78, 5) is 28.0. The zero-order valence-corrected chi connectivity index (χ0v) is 21.3. The molecule has 0 saturated carbocycles. The number of aromatic nitrogens is 2. The molecular formula is C26H20FN3O5S2. The molecule has 11 heteroatoms. The number of benzene rings is 2. The van der Waals surface area contributed by atoms with E-state index in [9.17, 15) is 19.1 Å². The van der Waals surface area contributed by atoms with Crippen LogP contribution in [0.2, 0.25) is 0 Å². The third kappa shape index (κ3) is 4.87. The predicted octanol–water partition coefficient (Wildman–Crippen LogP) is 5.66. The summed E-state index contributed by atoms with van der Waals surface area (Å²) in [7, 11) is 1.51. The number of nitrogens with zero attached hydrogens (tertiary/aromatic N) is 3. The second-order valence-corrected chi connectivity index (χ2v) is 10.3. The highest BCUT2D eigenvalue weighted by molar-refractivity contribution is 8.00. The van der Waals surface area contributed by atoms with Crippen LogP contribution < -0.4 is 9.64 Å². The summed E-state index contributed by atoms with van der Waals surface area (Å²) < 4.78 is 24.6. The molecule has 188 valence electrons. The van der Waals surface area contributed by atoms with Crippen molar-refractivity contribution >= 4 is 39.9 Å². The number of ether oxygens (including phenoxy) is 1. The number of hydrogen-bond acceptors (Lipinski definition) is 9. The first-order valence-corrected chi connectivity index (χ1v) is 12.9. The number of methoxy groups -OCH3 is 1. The van der Waals surface area contributed by atoms with Gasteiger partial charge in [-0.25, -0.2) is 4.39 Å². The van der Waals surface area contributed by atoms with E-state index in [4.69, 9.17) is 9.15 Å². The van der Waals surface area contributed by atoms with Crippen molar-refractivity contribution in [3.05, 3.63) is 100 Å². The molecule has 2 aromatic carbocycles. The number of anilines is 1. The number of hydrogen-bond donors (Lipinski definition) is 1. The fourth-order valence-electron chi connectivity index (χ4n) is 3.93. The second-order valence-electron chi connectivity index (χ2n) is 8.12. The van der Waals surface area contributed by atoms with Crippen molar-refractivity contribution in [3.8, 4) is 5.75 Å². The van der Waals surface area contributed by atoms with Crippen molar-refractivity contribution < 1.29 is 28.2 Å². The lowest BCUT2D eigenvalue weighted by Gasteiger charge is -2.24. The smallest absolute Gasteiger partial charge is 0.296 e. The molecule has 8 nitrogen and oxygen atoms in total. The van der Waals surface area contributed by atoms with Crippen molar-refractivity contribution in [3.63, 3.8) is 0 Å². The number of ketones is 1. The Bertz CT molecular complexity index is 1510. The molecule has 1 atom stereocenters. The Balaban J connectivity index is 1.50. The number of furan rings is 1. The molecule has 1 N–H and O–H groups in total. The van der Waals surface area contributed by atoms with Gasteiger partial charge in [-0.15, -0.1) is 10.2 Å². The minimum Gasteiger partial charge on any atom is -0.503 e. The van der Waals surface area contributed by atoms with Gasteiger partial charge in [-0.3, -0.25) is 14.5 Å². The molecule has 1 amide bonds. The number of carbonyl (C=O) groups excluding carboxylic acids is 2. The zero-order chi connectivity index (χ0) is 26.1. The van der Waals surface area contributed by atoms with E-state index < -0.39 is 23.5 Å². The first kappa shape index (κ1) is 24.7. The fraction of sp³-hybridized carbons (Fsp3) is 0.154. The Hall–Kier alpha value is -3.96. The minimum absolute atomic E-state index is 0.00871. The Morgan fingerprint density at radius 1 is 1.19 bits per heavy atom. The SMILES string of the molecule is COc1cccc(C2C(C(=O)c3ccc(C)o3)=C(O)C(=O)N2c2nnc(SCc3ccc(F)cc3)s2)c1. The van der Waals surface area contributed by atoms with E-state index in [0.717, 1.165) is 16.9 Å². The van der Waals surface area contributed by atoms with Gasteiger partial charge in [0.2, 0.25) is 10.9 Å². The van der Waals surface area contributed by atoms with E-state index in [-0.39, 0.29) is 22.3 Å². The molecule has 0 saturated heterocycles. The summed E-state index contributed by atoms with van der Waals surface area (Å²) >= 11 is 2.53. The lowest BCUT2D eigenvalue weighted by molar-refractivity contribution is -0.117. The monoisotopic (exact) mass is 537 g/mol. The molecule has 37 heavy (non-hydrogen) atoms. The van der Waals surface area contributed by atoms with Gasteiger partial charge in [0.15, 0.2) is 15.9 Å². The molecule has 1 unspecified atom stereocenters. The van der Waals surface area contributed by atoms with Crippen LogP contribution in [0.25, 0.3) is 0 Å². The molecule has 0 spiro atoms. The van der Waals surface area contributed by atoms with E-state index in [1.807, 2.05) is 0 Å². The van der Waals surface area contributed by atoms with Crippen molar-refractivity contribution in [2.24, 2.45) is 0 Å². The number of Topliss-reactive ketones (excluding diaryl/α,β-unsaturated/α-hetero) is 1. The number of thioether (sulfide) groups is 1. The molecule has 2 aromatic heterocycles. The normalized spacial score (nSPS) is 15.5. The van der Waals surface area contributed by atoms with Crippen LogP contribution in [0, 0.1) is 12.7 Å². The number of aliphatic hydroxyl groups excluding tert-OH is 1. The van der Waals surface area contributed by atoms with E-state index >= 15 is 0 Å². The van der Waals surface area contributed by atoms with Crippen LogP contribution in [0.3, 0.4) is 0 Å². The highest BCUT2D eigenvalue weighted by atomic mass is 32.2. The molecule has 0 aliphatic carbocycles. The third-order valence-corrected chi connectivity index (χ3v) is 7.83. The maximum absolute atomic E-state index is 13.4. The lowest BCUT2D eigenvalue weighted by Crippen LogP contribution is -2.31. The van der Waals surface area contributed by atoms with Crippen LogP contribution in [0.5, 0.6) is 5.75 Å². The van der Waals surface area contributed by atoms with E-state index in [0.29, 0.717) is 27.2 Å². The highest BCUT2D eigenvalue weighted by Crippen LogP contribution is 2.44. The van der Waals surface area contributed by atoms with Gasteiger partial charge < -0.3 is 14.3 Å². The van der Waals surface area contributed by atoms with Crippen LogP contribution in [-0.2, 0) is 10.5 Å². The van der Waals surface area contributed by atoms with Gasteiger partial charge in [0.05, 0.1) is 18.7 Å². The maximum atomic E-state index is 13.4. The van der Waals surface area contributed by atoms with Gasteiger partial charge in [0.1, 0.15) is 17.3 Å². The van der Waals surface area contributed by atoms with Crippen molar-refractivity contribution in [1.29, 1.82) is 0 Å².